The van der Waals surface area contributed by atoms with Gasteiger partial charge in [0.25, 0.3) is 0 Å². The Hall–Kier alpha value is -3.87. The van der Waals surface area contributed by atoms with Crippen molar-refractivity contribution in [3.63, 3.8) is 0 Å². The molecule has 4 heterocycles. The molecule has 0 aliphatic carbocycles. The van der Waals surface area contributed by atoms with Gasteiger partial charge in [-0.2, -0.15) is 19.9 Å². The van der Waals surface area contributed by atoms with Gasteiger partial charge >= 0.3 is 0 Å². The number of nitriles is 2. The van der Waals surface area contributed by atoms with Gasteiger partial charge in [0, 0.05) is 30.5 Å². The Labute approximate surface area is 197 Å². The highest BCUT2D eigenvalue weighted by atomic mass is 32.2. The minimum atomic E-state index is -3.33. The summed E-state index contributed by atoms with van der Waals surface area (Å²) >= 11 is 0. The van der Waals surface area contributed by atoms with Crippen LogP contribution in [0.15, 0.2) is 30.7 Å². The van der Waals surface area contributed by atoms with E-state index < -0.39 is 15.6 Å². The average Bonchev–Trinajstić information content (AvgIpc) is 3.29. The molecule has 34 heavy (non-hydrogen) atoms. The molecule has 0 aromatic carbocycles. The van der Waals surface area contributed by atoms with Crippen LogP contribution in [0.1, 0.15) is 30.3 Å². The first-order valence-corrected chi connectivity index (χ1v) is 12.2. The molecule has 12 heteroatoms. The topological polar surface area (TPSA) is 153 Å². The van der Waals surface area contributed by atoms with Crippen LogP contribution in [0.2, 0.25) is 0 Å². The Morgan fingerprint density at radius 3 is 2.56 bits per heavy atom. The van der Waals surface area contributed by atoms with Crippen molar-refractivity contribution in [2.24, 2.45) is 0 Å². The molecule has 1 saturated heterocycles. The zero-order chi connectivity index (χ0) is 24.5. The van der Waals surface area contributed by atoms with Gasteiger partial charge in [0.05, 0.1) is 42.0 Å². The van der Waals surface area contributed by atoms with Crippen molar-refractivity contribution in [2.75, 3.05) is 24.2 Å². The van der Waals surface area contributed by atoms with E-state index >= 15 is 0 Å². The molecule has 0 saturated carbocycles. The van der Waals surface area contributed by atoms with Gasteiger partial charge in [-0.05, 0) is 38.5 Å². The summed E-state index contributed by atoms with van der Waals surface area (Å²) < 4.78 is 27.5. The first-order chi connectivity index (χ1) is 16.2. The summed E-state index contributed by atoms with van der Waals surface area (Å²) in [6.45, 7) is 5.81. The molecule has 1 aliphatic rings. The van der Waals surface area contributed by atoms with Gasteiger partial charge in [0.15, 0.2) is 0 Å². The van der Waals surface area contributed by atoms with Crippen molar-refractivity contribution in [3.8, 4) is 23.4 Å². The first-order valence-electron chi connectivity index (χ1n) is 10.6. The maximum Gasteiger partial charge on any atom is 0.228 e. The molecule has 11 nitrogen and oxygen atoms in total. The molecule has 0 unspecified atom stereocenters. The van der Waals surface area contributed by atoms with Crippen molar-refractivity contribution in [1.82, 2.24) is 29.0 Å². The van der Waals surface area contributed by atoms with Gasteiger partial charge in [-0.15, -0.1) is 0 Å². The zero-order valence-electron chi connectivity index (χ0n) is 19.0. The highest BCUT2D eigenvalue weighted by Gasteiger charge is 2.49. The van der Waals surface area contributed by atoms with Gasteiger partial charge in [-0.3, -0.25) is 4.68 Å². The predicted molar refractivity (Wildman–Crippen MR) is 124 cm³/mol. The second-order valence-corrected chi connectivity index (χ2v) is 10.4. The third-order valence-corrected chi connectivity index (χ3v) is 7.75. The van der Waals surface area contributed by atoms with E-state index in [4.69, 9.17) is 5.26 Å². The molecule has 1 aliphatic heterocycles. The van der Waals surface area contributed by atoms with E-state index in [1.807, 2.05) is 19.9 Å². The van der Waals surface area contributed by atoms with Gasteiger partial charge in [0.1, 0.15) is 17.3 Å². The molecule has 0 bridgehead atoms. The predicted octanol–water partition coefficient (Wildman–Crippen LogP) is 2.24. The van der Waals surface area contributed by atoms with E-state index in [2.05, 4.69) is 31.4 Å². The Morgan fingerprint density at radius 1 is 1.18 bits per heavy atom. The molecular weight excluding hydrogens is 454 g/mol. The molecule has 1 fully saturated rings. The molecule has 0 atom stereocenters. The summed E-state index contributed by atoms with van der Waals surface area (Å²) in [6.07, 6.45) is 5.14. The minimum Gasteiger partial charge on any atom is -0.323 e. The van der Waals surface area contributed by atoms with Crippen LogP contribution in [0.4, 0.5) is 11.6 Å². The number of nitrogens with one attached hydrogen (secondary N) is 1. The number of hydrogen-bond acceptors (Lipinski definition) is 9. The van der Waals surface area contributed by atoms with Crippen LogP contribution in [0.25, 0.3) is 11.3 Å². The Balaban J connectivity index is 1.63. The summed E-state index contributed by atoms with van der Waals surface area (Å²) in [5.41, 5.74) is 3.31. The highest BCUT2D eigenvalue weighted by Crippen LogP contribution is 2.35. The molecule has 1 N–H and O–H groups in total. The van der Waals surface area contributed by atoms with E-state index in [9.17, 15) is 13.7 Å². The lowest BCUT2D eigenvalue weighted by Gasteiger charge is -2.47. The maximum atomic E-state index is 12.2. The standard InChI is InChI=1S/C22H23N9O2S/c1-4-34(32,33)30-13-22(14-30,7-8-23)31-12-17(10-26-31)20-15(2)16(3)27-21(29-20)28-19-6-5-18(9-24)25-11-19/h5-6,10-12H,4,7,13-14H2,1-3H3,(H,27,28,29). The van der Waals surface area contributed by atoms with Crippen molar-refractivity contribution >= 4 is 21.7 Å². The van der Waals surface area contributed by atoms with Crippen LogP contribution in [-0.4, -0.2) is 56.3 Å². The van der Waals surface area contributed by atoms with Gasteiger partial charge in [-0.25, -0.2) is 23.4 Å². The summed E-state index contributed by atoms with van der Waals surface area (Å²) in [4.78, 5) is 13.2. The lowest BCUT2D eigenvalue weighted by Crippen LogP contribution is -2.64. The molecular formula is C22H23N9O2S. The average molecular weight is 478 g/mol. The van der Waals surface area contributed by atoms with Crippen molar-refractivity contribution < 1.29 is 8.42 Å². The normalized spacial score (nSPS) is 15.2. The van der Waals surface area contributed by atoms with E-state index in [-0.39, 0.29) is 25.3 Å². The number of aryl methyl sites for hydroxylation is 1. The Morgan fingerprint density at radius 2 is 1.94 bits per heavy atom. The fourth-order valence-electron chi connectivity index (χ4n) is 3.81. The quantitative estimate of drug-likeness (QED) is 0.539. The van der Waals surface area contributed by atoms with Crippen LogP contribution in [0.3, 0.4) is 0 Å². The summed E-state index contributed by atoms with van der Waals surface area (Å²) in [5, 5.41) is 25.9. The van der Waals surface area contributed by atoms with E-state index in [0.717, 1.165) is 16.8 Å². The second kappa shape index (κ2) is 8.82. The van der Waals surface area contributed by atoms with Crippen molar-refractivity contribution in [2.45, 2.75) is 32.7 Å². The maximum absolute atomic E-state index is 12.2. The number of nitrogens with zero attached hydrogens (tertiary/aromatic N) is 8. The number of anilines is 2. The SMILES string of the molecule is CCS(=O)(=O)N1CC(CC#N)(n2cc(-c3nc(Nc4ccc(C#N)nc4)nc(C)c3C)cn2)C1. The van der Waals surface area contributed by atoms with Gasteiger partial charge in [-0.1, -0.05) is 0 Å². The monoisotopic (exact) mass is 477 g/mol. The zero-order valence-corrected chi connectivity index (χ0v) is 19.8. The van der Waals surface area contributed by atoms with Crippen molar-refractivity contribution in [1.29, 1.82) is 10.5 Å². The molecule has 0 radical (unpaired) electrons. The van der Waals surface area contributed by atoms with E-state index in [1.54, 1.807) is 36.1 Å². The molecule has 0 amide bonds. The van der Waals surface area contributed by atoms with E-state index in [1.165, 1.54) is 10.5 Å². The summed E-state index contributed by atoms with van der Waals surface area (Å²) in [6, 6.07) is 7.47. The fraction of sp³-hybridized carbons (Fsp3) is 0.364. The number of aromatic nitrogens is 5. The number of rotatable bonds is 7. The third-order valence-electron chi connectivity index (χ3n) is 5.97. The van der Waals surface area contributed by atoms with Crippen LogP contribution in [-0.2, 0) is 15.6 Å². The fourth-order valence-corrected chi connectivity index (χ4v) is 5.05. The summed E-state index contributed by atoms with van der Waals surface area (Å²) in [7, 11) is -3.33. The molecule has 4 rings (SSSR count). The smallest absolute Gasteiger partial charge is 0.228 e. The second-order valence-electron chi connectivity index (χ2n) is 8.18. The largest absolute Gasteiger partial charge is 0.323 e. The lowest BCUT2D eigenvalue weighted by molar-refractivity contribution is 0.0719. The lowest BCUT2D eigenvalue weighted by atomic mass is 9.89. The Bertz CT molecular complexity index is 1410. The van der Waals surface area contributed by atoms with Crippen LogP contribution in [0.5, 0.6) is 0 Å². The van der Waals surface area contributed by atoms with Crippen LogP contribution >= 0.6 is 0 Å². The molecule has 174 valence electrons. The van der Waals surface area contributed by atoms with Crippen LogP contribution < -0.4 is 5.32 Å². The number of pyridine rings is 1. The third kappa shape index (κ3) is 4.21. The van der Waals surface area contributed by atoms with Crippen molar-refractivity contribution in [3.05, 3.63) is 47.7 Å². The first kappa shape index (κ1) is 23.3. The highest BCUT2D eigenvalue weighted by molar-refractivity contribution is 7.89. The number of sulfonamides is 1. The minimum absolute atomic E-state index is 0.0178. The van der Waals surface area contributed by atoms with Crippen LogP contribution in [0, 0.1) is 36.5 Å². The molecule has 3 aromatic rings. The van der Waals surface area contributed by atoms with Gasteiger partial charge in [0.2, 0.25) is 16.0 Å². The number of hydrogen-bond donors (Lipinski definition) is 1. The Kier molecular flexibility index (Phi) is 6.04. The van der Waals surface area contributed by atoms with Gasteiger partial charge < -0.3 is 5.32 Å². The summed E-state index contributed by atoms with van der Waals surface area (Å²) in [5.74, 6) is 0.386. The van der Waals surface area contributed by atoms with E-state index in [0.29, 0.717) is 23.0 Å². The molecule has 0 spiro atoms. The molecule has 3 aromatic heterocycles.